The fraction of sp³-hybridized carbons (Fsp3) is 0.882. The van der Waals surface area contributed by atoms with Gasteiger partial charge in [0.1, 0.15) is 18.8 Å². The van der Waals surface area contributed by atoms with E-state index in [2.05, 4.69) is 13.8 Å². The van der Waals surface area contributed by atoms with Gasteiger partial charge in [0.15, 0.2) is 6.10 Å². The van der Waals surface area contributed by atoms with Gasteiger partial charge in [0.05, 0.1) is 6.61 Å². The highest BCUT2D eigenvalue weighted by atomic mass is 16.6. The van der Waals surface area contributed by atoms with Gasteiger partial charge >= 0.3 is 11.9 Å². The molecule has 1 aliphatic rings. The molecule has 1 aliphatic heterocycles. The highest BCUT2D eigenvalue weighted by molar-refractivity contribution is 5.70. The minimum Gasteiger partial charge on any atom is -0.463 e. The summed E-state index contributed by atoms with van der Waals surface area (Å²) in [6.07, 6.45) is 4.11. The zero-order chi connectivity index (χ0) is 17.1. The number of hydrogen-bond donors (Lipinski definition) is 1. The van der Waals surface area contributed by atoms with Crippen molar-refractivity contribution in [3.8, 4) is 0 Å². The van der Waals surface area contributed by atoms with E-state index in [0.29, 0.717) is 12.8 Å². The van der Waals surface area contributed by atoms with E-state index in [4.69, 9.17) is 14.2 Å². The minimum absolute atomic E-state index is 0.00885. The Bertz CT molecular complexity index is 357. The van der Waals surface area contributed by atoms with E-state index in [9.17, 15) is 14.7 Å². The molecule has 0 radical (unpaired) electrons. The van der Waals surface area contributed by atoms with Gasteiger partial charge < -0.3 is 19.3 Å². The Morgan fingerprint density at radius 1 is 1.04 bits per heavy atom. The van der Waals surface area contributed by atoms with Crippen LogP contribution in [0.1, 0.15) is 65.2 Å². The highest BCUT2D eigenvalue weighted by Crippen LogP contribution is 2.20. The SMILES string of the molecule is CCCCCC(=O)OC[C@H]1OC[C@@H](O)[C@H]1OC(=O)CCCCC. The molecule has 0 bridgehead atoms. The lowest BCUT2D eigenvalue weighted by Gasteiger charge is -2.20. The van der Waals surface area contributed by atoms with Crippen LogP contribution >= 0.6 is 0 Å². The second kappa shape index (κ2) is 11.4. The first-order valence-corrected chi connectivity index (χ1v) is 8.73. The molecule has 6 heteroatoms. The maximum atomic E-state index is 11.8. The third-order valence-corrected chi connectivity index (χ3v) is 3.87. The second-order valence-corrected chi connectivity index (χ2v) is 5.99. The second-order valence-electron chi connectivity index (χ2n) is 5.99. The van der Waals surface area contributed by atoms with Crippen molar-refractivity contribution < 1.29 is 28.9 Å². The van der Waals surface area contributed by atoms with Crippen LogP contribution in [0.2, 0.25) is 0 Å². The molecule has 0 aliphatic carbocycles. The van der Waals surface area contributed by atoms with Gasteiger partial charge in [0.25, 0.3) is 0 Å². The highest BCUT2D eigenvalue weighted by Gasteiger charge is 2.39. The first-order chi connectivity index (χ1) is 11.1. The molecule has 0 amide bonds. The maximum absolute atomic E-state index is 11.8. The zero-order valence-corrected chi connectivity index (χ0v) is 14.3. The minimum atomic E-state index is -0.867. The molecule has 0 aromatic carbocycles. The lowest BCUT2D eigenvalue weighted by atomic mass is 10.1. The molecule has 0 aromatic rings. The van der Waals surface area contributed by atoms with Gasteiger partial charge in [-0.3, -0.25) is 9.59 Å². The Kier molecular flexibility index (Phi) is 9.87. The van der Waals surface area contributed by atoms with Gasteiger partial charge in [-0.2, -0.15) is 0 Å². The monoisotopic (exact) mass is 330 g/mol. The van der Waals surface area contributed by atoms with Gasteiger partial charge in [0, 0.05) is 12.8 Å². The van der Waals surface area contributed by atoms with Crippen LogP contribution in [-0.2, 0) is 23.8 Å². The van der Waals surface area contributed by atoms with Crippen LogP contribution in [0.15, 0.2) is 0 Å². The summed E-state index contributed by atoms with van der Waals surface area (Å²) in [6.45, 7) is 4.23. The van der Waals surface area contributed by atoms with Crippen molar-refractivity contribution in [1.29, 1.82) is 0 Å². The zero-order valence-electron chi connectivity index (χ0n) is 14.3. The van der Waals surface area contributed by atoms with Crippen molar-refractivity contribution in [2.75, 3.05) is 13.2 Å². The van der Waals surface area contributed by atoms with Gasteiger partial charge in [-0.1, -0.05) is 39.5 Å². The summed E-state index contributed by atoms with van der Waals surface area (Å²) in [4.78, 5) is 23.4. The van der Waals surface area contributed by atoms with E-state index in [1.807, 2.05) is 0 Å². The number of carbonyl (C=O) groups excluding carboxylic acids is 2. The topological polar surface area (TPSA) is 82.1 Å². The number of unbranched alkanes of at least 4 members (excludes halogenated alkanes) is 4. The number of aliphatic hydroxyl groups excluding tert-OH is 1. The van der Waals surface area contributed by atoms with Crippen LogP contribution in [0.25, 0.3) is 0 Å². The fourth-order valence-corrected chi connectivity index (χ4v) is 2.45. The number of hydrogen-bond acceptors (Lipinski definition) is 6. The van der Waals surface area contributed by atoms with Crippen molar-refractivity contribution in [3.63, 3.8) is 0 Å². The van der Waals surface area contributed by atoms with E-state index >= 15 is 0 Å². The Labute approximate surface area is 138 Å². The molecule has 1 fully saturated rings. The van der Waals surface area contributed by atoms with Crippen molar-refractivity contribution in [2.24, 2.45) is 0 Å². The predicted octanol–water partition coefficient (Wildman–Crippen LogP) is 2.36. The number of rotatable bonds is 11. The number of esters is 2. The van der Waals surface area contributed by atoms with Crippen LogP contribution in [0.4, 0.5) is 0 Å². The summed E-state index contributed by atoms with van der Waals surface area (Å²) in [6, 6.07) is 0. The van der Waals surface area contributed by atoms with Crippen LogP contribution in [-0.4, -0.2) is 48.6 Å². The molecule has 1 heterocycles. The number of aliphatic hydroxyl groups is 1. The summed E-state index contributed by atoms with van der Waals surface area (Å²) in [5.74, 6) is -0.622. The average molecular weight is 330 g/mol. The van der Waals surface area contributed by atoms with Crippen LogP contribution in [0.5, 0.6) is 0 Å². The van der Waals surface area contributed by atoms with E-state index in [-0.39, 0.29) is 25.2 Å². The van der Waals surface area contributed by atoms with Crippen LogP contribution in [0.3, 0.4) is 0 Å². The Hall–Kier alpha value is -1.14. The largest absolute Gasteiger partial charge is 0.463 e. The third-order valence-electron chi connectivity index (χ3n) is 3.87. The molecule has 1 rings (SSSR count). The first-order valence-electron chi connectivity index (χ1n) is 8.73. The molecule has 6 nitrogen and oxygen atoms in total. The quantitative estimate of drug-likeness (QED) is 0.462. The molecule has 23 heavy (non-hydrogen) atoms. The maximum Gasteiger partial charge on any atom is 0.306 e. The van der Waals surface area contributed by atoms with Gasteiger partial charge in [-0.05, 0) is 12.8 Å². The van der Waals surface area contributed by atoms with Crippen molar-refractivity contribution >= 4 is 11.9 Å². The average Bonchev–Trinajstić information content (AvgIpc) is 2.86. The molecule has 3 atom stereocenters. The van der Waals surface area contributed by atoms with E-state index in [1.54, 1.807) is 0 Å². The van der Waals surface area contributed by atoms with Crippen molar-refractivity contribution in [3.05, 3.63) is 0 Å². The fourth-order valence-electron chi connectivity index (χ4n) is 2.45. The molecular weight excluding hydrogens is 300 g/mol. The molecule has 0 unspecified atom stereocenters. The van der Waals surface area contributed by atoms with Gasteiger partial charge in [-0.25, -0.2) is 0 Å². The summed E-state index contributed by atoms with van der Waals surface area (Å²) in [5, 5.41) is 9.88. The summed E-state index contributed by atoms with van der Waals surface area (Å²) in [7, 11) is 0. The Balaban J connectivity index is 2.33. The number of ether oxygens (including phenoxy) is 3. The summed E-state index contributed by atoms with van der Waals surface area (Å²) >= 11 is 0. The Morgan fingerprint density at radius 3 is 2.26 bits per heavy atom. The smallest absolute Gasteiger partial charge is 0.306 e. The van der Waals surface area contributed by atoms with Crippen molar-refractivity contribution in [2.45, 2.75) is 83.5 Å². The van der Waals surface area contributed by atoms with E-state index in [0.717, 1.165) is 38.5 Å². The van der Waals surface area contributed by atoms with Crippen molar-refractivity contribution in [1.82, 2.24) is 0 Å². The lowest BCUT2D eigenvalue weighted by Crippen LogP contribution is -2.38. The summed E-state index contributed by atoms with van der Waals surface area (Å²) in [5.41, 5.74) is 0. The molecular formula is C17H30O6. The first kappa shape index (κ1) is 19.9. The molecule has 0 spiro atoms. The Morgan fingerprint density at radius 2 is 1.65 bits per heavy atom. The molecule has 1 N–H and O–H groups in total. The van der Waals surface area contributed by atoms with Crippen LogP contribution < -0.4 is 0 Å². The van der Waals surface area contributed by atoms with E-state index in [1.165, 1.54) is 0 Å². The van der Waals surface area contributed by atoms with Gasteiger partial charge in [0.2, 0.25) is 0 Å². The predicted molar refractivity (Wildman–Crippen MR) is 84.9 cm³/mol. The third kappa shape index (κ3) is 7.79. The normalized spacial score (nSPS) is 23.7. The summed E-state index contributed by atoms with van der Waals surface area (Å²) < 4.78 is 15.8. The van der Waals surface area contributed by atoms with E-state index < -0.39 is 18.3 Å². The number of carbonyl (C=O) groups is 2. The lowest BCUT2D eigenvalue weighted by molar-refractivity contribution is -0.160. The molecule has 0 aromatic heterocycles. The van der Waals surface area contributed by atoms with Gasteiger partial charge in [-0.15, -0.1) is 0 Å². The molecule has 1 saturated heterocycles. The standard InChI is InChI=1S/C17H30O6/c1-3-5-7-9-15(19)22-12-14-17(13(18)11-21-14)23-16(20)10-8-6-4-2/h13-14,17-18H,3-12H2,1-2H3/t13-,14-,17-/m1/s1. The molecule has 134 valence electrons. The molecule has 0 saturated carbocycles. The van der Waals surface area contributed by atoms with Crippen LogP contribution in [0, 0.1) is 0 Å².